The van der Waals surface area contributed by atoms with Crippen LogP contribution in [0.4, 0.5) is 4.39 Å². The lowest BCUT2D eigenvalue weighted by molar-refractivity contribution is 0.0223. The van der Waals surface area contributed by atoms with E-state index in [1.54, 1.807) is 6.92 Å². The highest BCUT2D eigenvalue weighted by Gasteiger charge is 2.21. The molecule has 0 saturated heterocycles. The molecule has 0 atom stereocenters. The Morgan fingerprint density at radius 1 is 1.33 bits per heavy atom. The molecule has 0 unspecified atom stereocenters. The topological polar surface area (TPSA) is 55.4 Å². The highest BCUT2D eigenvalue weighted by molar-refractivity contribution is 7.89. The summed E-state index contributed by atoms with van der Waals surface area (Å²) >= 11 is 0. The minimum absolute atomic E-state index is 0.0434. The Hall–Kier alpha value is -0.980. The van der Waals surface area contributed by atoms with E-state index < -0.39 is 15.8 Å². The zero-order valence-electron chi connectivity index (χ0n) is 10.1. The first-order valence-electron chi connectivity index (χ1n) is 5.92. The molecule has 0 bridgehead atoms. The number of benzene rings is 1. The molecule has 6 heteroatoms. The average molecular weight is 273 g/mol. The second kappa shape index (κ2) is 5.34. The van der Waals surface area contributed by atoms with Gasteiger partial charge in [0.25, 0.3) is 10.0 Å². The van der Waals surface area contributed by atoms with Crippen LogP contribution in [0.15, 0.2) is 23.1 Å². The van der Waals surface area contributed by atoms with Crippen LogP contribution in [0.2, 0.25) is 0 Å². The number of aryl methyl sites for hydroxylation is 1. The van der Waals surface area contributed by atoms with Crippen molar-refractivity contribution in [3.05, 3.63) is 29.6 Å². The van der Waals surface area contributed by atoms with E-state index >= 15 is 0 Å². The normalized spacial score (nSPS) is 17.2. The zero-order valence-corrected chi connectivity index (χ0v) is 11.0. The molecule has 0 radical (unpaired) electrons. The van der Waals surface area contributed by atoms with Gasteiger partial charge in [0.2, 0.25) is 0 Å². The van der Waals surface area contributed by atoms with E-state index in [0.717, 1.165) is 31.7 Å². The Bertz CT molecular complexity index is 524. The first kappa shape index (κ1) is 13.5. The number of rotatable bonds is 4. The second-order valence-electron chi connectivity index (χ2n) is 4.52. The predicted molar refractivity (Wildman–Crippen MR) is 64.8 cm³/mol. The molecule has 1 N–H and O–H groups in total. The monoisotopic (exact) mass is 273 g/mol. The highest BCUT2D eigenvalue weighted by Crippen LogP contribution is 2.21. The largest absolute Gasteiger partial charge is 0.284 e. The van der Waals surface area contributed by atoms with Crippen molar-refractivity contribution in [3.63, 3.8) is 0 Å². The van der Waals surface area contributed by atoms with E-state index in [-0.39, 0.29) is 11.0 Å². The van der Waals surface area contributed by atoms with Gasteiger partial charge in [0.1, 0.15) is 5.82 Å². The van der Waals surface area contributed by atoms with E-state index in [4.69, 9.17) is 4.84 Å². The van der Waals surface area contributed by atoms with Crippen LogP contribution in [0.1, 0.15) is 31.2 Å². The van der Waals surface area contributed by atoms with E-state index in [0.29, 0.717) is 5.56 Å². The number of sulfonamides is 1. The summed E-state index contributed by atoms with van der Waals surface area (Å²) < 4.78 is 36.8. The Morgan fingerprint density at radius 3 is 2.61 bits per heavy atom. The SMILES string of the molecule is Cc1cc(F)ccc1S(=O)(=O)NOC1CCCC1. The van der Waals surface area contributed by atoms with Crippen molar-refractivity contribution in [3.8, 4) is 0 Å². The summed E-state index contributed by atoms with van der Waals surface area (Å²) in [5, 5.41) is 0. The highest BCUT2D eigenvalue weighted by atomic mass is 32.2. The van der Waals surface area contributed by atoms with E-state index in [1.807, 2.05) is 0 Å². The van der Waals surface area contributed by atoms with Crippen LogP contribution in [0.3, 0.4) is 0 Å². The van der Waals surface area contributed by atoms with Gasteiger partial charge in [-0.3, -0.25) is 4.84 Å². The summed E-state index contributed by atoms with van der Waals surface area (Å²) in [4.78, 5) is 7.35. The molecule has 0 aliphatic heterocycles. The van der Waals surface area contributed by atoms with E-state index in [2.05, 4.69) is 4.89 Å². The van der Waals surface area contributed by atoms with Crippen LogP contribution in [0, 0.1) is 12.7 Å². The summed E-state index contributed by atoms with van der Waals surface area (Å²) in [6, 6.07) is 3.55. The Kier molecular flexibility index (Phi) is 3.99. The first-order valence-corrected chi connectivity index (χ1v) is 7.41. The smallest absolute Gasteiger partial charge is 0.262 e. The van der Waals surface area contributed by atoms with Crippen molar-refractivity contribution in [1.29, 1.82) is 0 Å². The van der Waals surface area contributed by atoms with Crippen molar-refractivity contribution in [2.75, 3.05) is 0 Å². The van der Waals surface area contributed by atoms with Crippen molar-refractivity contribution in [2.45, 2.75) is 43.6 Å². The van der Waals surface area contributed by atoms with Gasteiger partial charge in [-0.25, -0.2) is 12.8 Å². The van der Waals surface area contributed by atoms with Crippen LogP contribution in [0.25, 0.3) is 0 Å². The molecule has 2 rings (SSSR count). The van der Waals surface area contributed by atoms with Crippen LogP contribution in [-0.2, 0) is 14.9 Å². The van der Waals surface area contributed by atoms with Crippen molar-refractivity contribution in [1.82, 2.24) is 4.89 Å². The van der Waals surface area contributed by atoms with Crippen LogP contribution < -0.4 is 4.89 Å². The standard InChI is InChI=1S/C12H16FNO3S/c1-9-8-10(13)6-7-12(9)18(15,16)14-17-11-4-2-3-5-11/h6-8,11,14H,2-5H2,1H3. The summed E-state index contributed by atoms with van der Waals surface area (Å²) in [5.74, 6) is -0.455. The van der Waals surface area contributed by atoms with Crippen molar-refractivity contribution >= 4 is 10.0 Å². The van der Waals surface area contributed by atoms with Crippen molar-refractivity contribution < 1.29 is 17.6 Å². The lowest BCUT2D eigenvalue weighted by atomic mass is 10.2. The Morgan fingerprint density at radius 2 is 2.00 bits per heavy atom. The molecular formula is C12H16FNO3S. The molecule has 18 heavy (non-hydrogen) atoms. The number of nitrogens with one attached hydrogen (secondary N) is 1. The van der Waals surface area contributed by atoms with Gasteiger partial charge in [0.05, 0.1) is 11.0 Å². The third-order valence-electron chi connectivity index (χ3n) is 3.05. The molecule has 4 nitrogen and oxygen atoms in total. The Labute approximate surface area is 106 Å². The molecule has 1 aliphatic rings. The van der Waals surface area contributed by atoms with Gasteiger partial charge in [0, 0.05) is 0 Å². The fraction of sp³-hybridized carbons (Fsp3) is 0.500. The maximum absolute atomic E-state index is 12.9. The third kappa shape index (κ3) is 3.07. The second-order valence-corrected chi connectivity index (χ2v) is 6.13. The minimum atomic E-state index is -3.73. The minimum Gasteiger partial charge on any atom is -0.284 e. The van der Waals surface area contributed by atoms with Gasteiger partial charge in [-0.1, -0.05) is 17.7 Å². The zero-order chi connectivity index (χ0) is 13.2. The number of hydrogen-bond acceptors (Lipinski definition) is 3. The van der Waals surface area contributed by atoms with Gasteiger partial charge in [0.15, 0.2) is 0 Å². The molecule has 0 amide bonds. The van der Waals surface area contributed by atoms with Gasteiger partial charge in [-0.15, -0.1) is 0 Å². The quantitative estimate of drug-likeness (QED) is 0.856. The fourth-order valence-corrected chi connectivity index (χ4v) is 3.18. The molecule has 1 aromatic carbocycles. The molecule has 0 heterocycles. The molecule has 1 saturated carbocycles. The Balaban J connectivity index is 2.09. The molecule has 100 valence electrons. The number of hydrogen-bond donors (Lipinski definition) is 1. The van der Waals surface area contributed by atoms with Crippen LogP contribution in [-0.4, -0.2) is 14.5 Å². The van der Waals surface area contributed by atoms with Gasteiger partial charge >= 0.3 is 0 Å². The van der Waals surface area contributed by atoms with Gasteiger partial charge in [-0.2, -0.15) is 0 Å². The van der Waals surface area contributed by atoms with Crippen LogP contribution >= 0.6 is 0 Å². The van der Waals surface area contributed by atoms with Gasteiger partial charge < -0.3 is 0 Å². The van der Waals surface area contributed by atoms with Crippen molar-refractivity contribution in [2.24, 2.45) is 0 Å². The lowest BCUT2D eigenvalue weighted by Gasteiger charge is -2.13. The average Bonchev–Trinajstić information content (AvgIpc) is 2.78. The summed E-state index contributed by atoms with van der Waals surface area (Å²) in [6.45, 7) is 1.55. The van der Waals surface area contributed by atoms with E-state index in [9.17, 15) is 12.8 Å². The first-order chi connectivity index (χ1) is 8.49. The molecular weight excluding hydrogens is 257 g/mol. The summed E-state index contributed by atoms with van der Waals surface area (Å²) in [6.07, 6.45) is 3.79. The maximum atomic E-state index is 12.9. The molecule has 1 aromatic rings. The molecule has 0 aromatic heterocycles. The van der Waals surface area contributed by atoms with Crippen LogP contribution in [0.5, 0.6) is 0 Å². The van der Waals surface area contributed by atoms with Gasteiger partial charge in [-0.05, 0) is 43.5 Å². The molecule has 1 aliphatic carbocycles. The number of halogens is 1. The summed E-state index contributed by atoms with van der Waals surface area (Å²) in [5.41, 5.74) is 0.359. The summed E-state index contributed by atoms with van der Waals surface area (Å²) in [7, 11) is -3.73. The van der Waals surface area contributed by atoms with E-state index in [1.165, 1.54) is 12.1 Å². The predicted octanol–water partition coefficient (Wildman–Crippen LogP) is 2.29. The molecule has 0 spiro atoms. The lowest BCUT2D eigenvalue weighted by Crippen LogP contribution is -2.29. The third-order valence-corrected chi connectivity index (χ3v) is 4.41. The fourth-order valence-electron chi connectivity index (χ4n) is 2.10. The molecule has 1 fully saturated rings. The maximum Gasteiger partial charge on any atom is 0.262 e.